The van der Waals surface area contributed by atoms with Crippen LogP contribution in [-0.2, 0) is 6.42 Å². The van der Waals surface area contributed by atoms with Gasteiger partial charge in [0.05, 0.1) is 7.11 Å². The smallest absolute Gasteiger partial charge is 0.227 e. The number of oxazole rings is 1. The van der Waals surface area contributed by atoms with Crippen LogP contribution in [0.3, 0.4) is 0 Å². The molecular formula is C17H18N2O2. The van der Waals surface area contributed by atoms with Crippen LogP contribution in [0.4, 0.5) is 0 Å². The van der Waals surface area contributed by atoms with Crippen molar-refractivity contribution in [2.45, 2.75) is 6.42 Å². The Morgan fingerprint density at radius 2 is 2.05 bits per heavy atom. The van der Waals surface area contributed by atoms with E-state index in [1.54, 1.807) is 7.11 Å². The van der Waals surface area contributed by atoms with E-state index >= 15 is 0 Å². The van der Waals surface area contributed by atoms with E-state index in [1.165, 1.54) is 5.56 Å². The van der Waals surface area contributed by atoms with E-state index in [9.17, 15) is 0 Å². The van der Waals surface area contributed by atoms with Crippen molar-refractivity contribution in [2.75, 3.05) is 20.7 Å². The molecule has 21 heavy (non-hydrogen) atoms. The third-order valence-electron chi connectivity index (χ3n) is 3.49. The van der Waals surface area contributed by atoms with E-state index in [0.29, 0.717) is 5.89 Å². The number of benzene rings is 2. The molecule has 0 bridgehead atoms. The molecular weight excluding hydrogens is 264 g/mol. The Bertz CT molecular complexity index is 749. The molecule has 4 nitrogen and oxygen atoms in total. The van der Waals surface area contributed by atoms with Crippen LogP contribution < -0.4 is 10.1 Å². The van der Waals surface area contributed by atoms with Crippen LogP contribution in [0, 0.1) is 0 Å². The summed E-state index contributed by atoms with van der Waals surface area (Å²) in [6.45, 7) is 0.922. The first-order valence-electron chi connectivity index (χ1n) is 6.99. The monoisotopic (exact) mass is 282 g/mol. The zero-order valence-corrected chi connectivity index (χ0v) is 12.2. The highest BCUT2D eigenvalue weighted by molar-refractivity contribution is 5.78. The minimum Gasteiger partial charge on any atom is -0.497 e. The first-order valence-corrected chi connectivity index (χ1v) is 6.99. The van der Waals surface area contributed by atoms with Crippen LogP contribution in [0.5, 0.6) is 5.75 Å². The lowest BCUT2D eigenvalue weighted by Gasteiger charge is -2.05. The lowest BCUT2D eigenvalue weighted by Crippen LogP contribution is -2.10. The number of nitrogens with one attached hydrogen (secondary N) is 1. The van der Waals surface area contributed by atoms with Gasteiger partial charge < -0.3 is 14.5 Å². The minimum absolute atomic E-state index is 0.657. The predicted octanol–water partition coefficient (Wildman–Crippen LogP) is 3.27. The van der Waals surface area contributed by atoms with Crippen molar-refractivity contribution in [3.63, 3.8) is 0 Å². The number of fused-ring (bicyclic) bond motifs is 1. The van der Waals surface area contributed by atoms with Crippen LogP contribution in [-0.4, -0.2) is 25.7 Å². The van der Waals surface area contributed by atoms with Gasteiger partial charge in [-0.1, -0.05) is 18.2 Å². The largest absolute Gasteiger partial charge is 0.497 e. The maximum atomic E-state index is 5.91. The Balaban J connectivity index is 2.03. The summed E-state index contributed by atoms with van der Waals surface area (Å²) in [4.78, 5) is 4.58. The quantitative estimate of drug-likeness (QED) is 0.780. The number of methoxy groups -OCH3 is 1. The molecule has 0 aliphatic carbocycles. The predicted molar refractivity (Wildman–Crippen MR) is 83.6 cm³/mol. The molecule has 3 aromatic rings. The Morgan fingerprint density at radius 1 is 1.19 bits per heavy atom. The third kappa shape index (κ3) is 2.76. The minimum atomic E-state index is 0.657. The topological polar surface area (TPSA) is 47.3 Å². The molecule has 0 radical (unpaired) electrons. The van der Waals surface area contributed by atoms with Crippen molar-refractivity contribution in [1.29, 1.82) is 0 Å². The molecule has 0 aliphatic rings. The molecule has 0 atom stereocenters. The molecule has 0 spiro atoms. The maximum Gasteiger partial charge on any atom is 0.227 e. The van der Waals surface area contributed by atoms with Gasteiger partial charge in [-0.15, -0.1) is 0 Å². The molecule has 1 heterocycles. The first-order chi connectivity index (χ1) is 10.3. The number of rotatable bonds is 5. The fourth-order valence-corrected chi connectivity index (χ4v) is 2.35. The van der Waals surface area contributed by atoms with Gasteiger partial charge >= 0.3 is 0 Å². The number of aromatic nitrogens is 1. The summed E-state index contributed by atoms with van der Waals surface area (Å²) in [7, 11) is 3.60. The fraction of sp³-hybridized carbons (Fsp3) is 0.235. The van der Waals surface area contributed by atoms with Crippen LogP contribution in [0.1, 0.15) is 5.56 Å². The molecule has 0 amide bonds. The summed E-state index contributed by atoms with van der Waals surface area (Å²) in [5, 5.41) is 3.17. The second-order valence-electron chi connectivity index (χ2n) is 4.86. The van der Waals surface area contributed by atoms with E-state index in [0.717, 1.165) is 35.4 Å². The van der Waals surface area contributed by atoms with Crippen LogP contribution in [0.15, 0.2) is 46.9 Å². The second kappa shape index (κ2) is 5.97. The molecule has 0 saturated heterocycles. The summed E-state index contributed by atoms with van der Waals surface area (Å²) in [5.41, 5.74) is 3.86. The van der Waals surface area contributed by atoms with Crippen molar-refractivity contribution in [3.05, 3.63) is 48.0 Å². The van der Waals surface area contributed by atoms with Crippen LogP contribution >= 0.6 is 0 Å². The van der Waals surface area contributed by atoms with E-state index in [1.807, 2.05) is 43.4 Å². The van der Waals surface area contributed by atoms with Crippen molar-refractivity contribution in [3.8, 4) is 17.2 Å². The molecule has 1 aromatic heterocycles. The second-order valence-corrected chi connectivity index (χ2v) is 4.86. The molecule has 0 unspecified atom stereocenters. The Kier molecular flexibility index (Phi) is 3.88. The summed E-state index contributed by atoms with van der Waals surface area (Å²) in [5.74, 6) is 1.43. The van der Waals surface area contributed by atoms with Gasteiger partial charge in [0.15, 0.2) is 5.58 Å². The SMILES string of the molecule is CNCCc1ccccc1-c1nc2ccc(OC)cc2o1. The summed E-state index contributed by atoms with van der Waals surface area (Å²) in [6.07, 6.45) is 0.939. The molecule has 0 aliphatic heterocycles. The van der Waals surface area contributed by atoms with Gasteiger partial charge in [-0.3, -0.25) is 0 Å². The number of likely N-dealkylation sites (N-methyl/N-ethyl adjacent to an activating group) is 1. The zero-order valence-electron chi connectivity index (χ0n) is 12.2. The van der Waals surface area contributed by atoms with Gasteiger partial charge in [-0.05, 0) is 43.8 Å². The lowest BCUT2D eigenvalue weighted by molar-refractivity contribution is 0.414. The number of hydrogen-bond donors (Lipinski definition) is 1. The lowest BCUT2D eigenvalue weighted by atomic mass is 10.0. The molecule has 0 saturated carbocycles. The Labute approximate surface area is 123 Å². The van der Waals surface area contributed by atoms with Gasteiger partial charge in [0.1, 0.15) is 11.3 Å². The molecule has 4 heteroatoms. The van der Waals surface area contributed by atoms with Crippen molar-refractivity contribution < 1.29 is 9.15 Å². The van der Waals surface area contributed by atoms with E-state index in [4.69, 9.17) is 9.15 Å². The number of nitrogens with zero attached hydrogens (tertiary/aromatic N) is 1. The van der Waals surface area contributed by atoms with Gasteiger partial charge in [0.25, 0.3) is 0 Å². The average Bonchev–Trinajstić information content (AvgIpc) is 2.95. The van der Waals surface area contributed by atoms with Gasteiger partial charge in [-0.2, -0.15) is 0 Å². The number of ether oxygens (including phenoxy) is 1. The Hall–Kier alpha value is -2.33. The maximum absolute atomic E-state index is 5.91. The highest BCUT2D eigenvalue weighted by atomic mass is 16.5. The summed E-state index contributed by atoms with van der Waals surface area (Å²) >= 11 is 0. The highest BCUT2D eigenvalue weighted by Crippen LogP contribution is 2.29. The van der Waals surface area contributed by atoms with Crippen molar-refractivity contribution in [2.24, 2.45) is 0 Å². The zero-order chi connectivity index (χ0) is 14.7. The average molecular weight is 282 g/mol. The van der Waals surface area contributed by atoms with Crippen molar-refractivity contribution >= 4 is 11.1 Å². The van der Waals surface area contributed by atoms with E-state index in [2.05, 4.69) is 16.4 Å². The third-order valence-corrected chi connectivity index (χ3v) is 3.49. The Morgan fingerprint density at radius 3 is 2.86 bits per heavy atom. The molecule has 1 N–H and O–H groups in total. The van der Waals surface area contributed by atoms with E-state index in [-0.39, 0.29) is 0 Å². The molecule has 3 rings (SSSR count). The highest BCUT2D eigenvalue weighted by Gasteiger charge is 2.12. The molecule has 108 valence electrons. The van der Waals surface area contributed by atoms with Crippen LogP contribution in [0.25, 0.3) is 22.6 Å². The standard InChI is InChI=1S/C17H18N2O2/c1-18-10-9-12-5-3-4-6-14(12)17-19-15-8-7-13(20-2)11-16(15)21-17/h3-8,11,18H,9-10H2,1-2H3. The number of hydrogen-bond acceptors (Lipinski definition) is 4. The van der Waals surface area contributed by atoms with Crippen LogP contribution in [0.2, 0.25) is 0 Å². The van der Waals surface area contributed by atoms with Crippen molar-refractivity contribution in [1.82, 2.24) is 10.3 Å². The fourth-order valence-electron chi connectivity index (χ4n) is 2.35. The summed E-state index contributed by atoms with van der Waals surface area (Å²) < 4.78 is 11.1. The van der Waals surface area contributed by atoms with Gasteiger partial charge in [0.2, 0.25) is 5.89 Å². The normalized spacial score (nSPS) is 11.0. The van der Waals surface area contributed by atoms with Gasteiger partial charge in [-0.25, -0.2) is 4.98 Å². The summed E-state index contributed by atoms with van der Waals surface area (Å²) in [6, 6.07) is 13.9. The molecule has 0 fully saturated rings. The van der Waals surface area contributed by atoms with E-state index < -0.39 is 0 Å². The van der Waals surface area contributed by atoms with Gasteiger partial charge in [0, 0.05) is 11.6 Å². The molecule has 2 aromatic carbocycles. The first kappa shape index (κ1) is 13.6.